The van der Waals surface area contributed by atoms with Gasteiger partial charge >= 0.3 is 6.09 Å². The second kappa shape index (κ2) is 10.9. The monoisotopic (exact) mass is 556 g/mol. The highest BCUT2D eigenvalue weighted by Crippen LogP contribution is 2.42. The summed E-state index contributed by atoms with van der Waals surface area (Å²) >= 11 is 0. The third kappa shape index (κ3) is 7.04. The highest BCUT2D eigenvalue weighted by Gasteiger charge is 2.46. The average molecular weight is 557 g/mol. The van der Waals surface area contributed by atoms with Gasteiger partial charge in [0.1, 0.15) is 12.3 Å². The zero-order valence-corrected chi connectivity index (χ0v) is 26.4. The minimum absolute atomic E-state index is 0.0555. The van der Waals surface area contributed by atoms with Gasteiger partial charge in [0, 0.05) is 39.1 Å². The van der Waals surface area contributed by atoms with Gasteiger partial charge < -0.3 is 19.7 Å². The van der Waals surface area contributed by atoms with Crippen molar-refractivity contribution in [3.8, 4) is 0 Å². The summed E-state index contributed by atoms with van der Waals surface area (Å²) in [6.07, 6.45) is 1.34. The Morgan fingerprint density at radius 2 is 1.72 bits per heavy atom. The summed E-state index contributed by atoms with van der Waals surface area (Å²) in [4.78, 5) is 27.8. The molecule has 2 aromatic rings. The van der Waals surface area contributed by atoms with Crippen molar-refractivity contribution >= 4 is 31.0 Å². The summed E-state index contributed by atoms with van der Waals surface area (Å²) in [6.45, 7) is 21.3. The van der Waals surface area contributed by atoms with Crippen molar-refractivity contribution in [2.75, 3.05) is 19.7 Å². The van der Waals surface area contributed by atoms with E-state index < -0.39 is 19.2 Å². The number of aromatic nitrogens is 2. The van der Waals surface area contributed by atoms with Crippen molar-refractivity contribution in [1.29, 1.82) is 0 Å². The Morgan fingerprint density at radius 1 is 1.08 bits per heavy atom. The number of hydrogen-bond acceptors (Lipinski definition) is 5. The van der Waals surface area contributed by atoms with Crippen molar-refractivity contribution in [2.45, 2.75) is 97.9 Å². The van der Waals surface area contributed by atoms with Crippen LogP contribution in [0.3, 0.4) is 0 Å². The maximum atomic E-state index is 13.5. The summed E-state index contributed by atoms with van der Waals surface area (Å²) in [7, 11) is -1.17. The summed E-state index contributed by atoms with van der Waals surface area (Å²) in [5.74, 6) is 0.694. The molecule has 1 N–H and O–H groups in total. The van der Waals surface area contributed by atoms with Crippen LogP contribution in [0.2, 0.25) is 25.7 Å². The van der Waals surface area contributed by atoms with Crippen LogP contribution in [0, 0.1) is 24.7 Å². The van der Waals surface area contributed by atoms with Gasteiger partial charge in [-0.05, 0) is 77.8 Å². The highest BCUT2D eigenvalue weighted by molar-refractivity contribution is 6.76. The van der Waals surface area contributed by atoms with Crippen LogP contribution in [0.4, 0.5) is 4.79 Å². The lowest BCUT2D eigenvalue weighted by Gasteiger charge is -2.28. The summed E-state index contributed by atoms with van der Waals surface area (Å²) in [5, 5.41) is 9.35. The molecule has 1 aliphatic heterocycles. The summed E-state index contributed by atoms with van der Waals surface area (Å²) in [5.41, 5.74) is 1.91. The summed E-state index contributed by atoms with van der Waals surface area (Å²) < 4.78 is 13.6. The molecule has 8 nitrogen and oxygen atoms in total. The molecular formula is C30H48N4O4Si. The molecule has 216 valence electrons. The number of rotatable bonds is 8. The first-order valence-electron chi connectivity index (χ1n) is 14.4. The number of likely N-dealkylation sites (tertiary alicyclic amines) is 1. The van der Waals surface area contributed by atoms with Crippen LogP contribution in [-0.2, 0) is 26.5 Å². The Labute approximate surface area is 234 Å². The molecule has 1 aromatic carbocycles. The number of aryl methyl sites for hydroxylation is 1. The predicted octanol–water partition coefficient (Wildman–Crippen LogP) is 5.90. The van der Waals surface area contributed by atoms with Crippen molar-refractivity contribution in [1.82, 2.24) is 20.0 Å². The maximum Gasteiger partial charge on any atom is 0.410 e. The van der Waals surface area contributed by atoms with E-state index in [-0.39, 0.29) is 17.9 Å². The standard InChI is InChI=1S/C30H48N4O4Si/c1-20-11-10-12-24-25(20)34(19-37-13-14-39(7,8)9)32-26(24)30(5,6)31-27(35)21-15-22-17-33(18-23(22)16-21)28(36)38-29(2,3)4/h10-12,21-23H,13-19H2,1-9H3,(H,31,35)/t21?,22-,23+. The predicted molar refractivity (Wildman–Crippen MR) is 157 cm³/mol. The molecule has 2 fully saturated rings. The molecule has 2 aliphatic rings. The first kappa shape index (κ1) is 29.6. The molecule has 0 spiro atoms. The number of amides is 2. The van der Waals surface area contributed by atoms with E-state index in [4.69, 9.17) is 14.6 Å². The number of para-hydroxylation sites is 1. The van der Waals surface area contributed by atoms with Crippen LogP contribution in [0.25, 0.3) is 10.9 Å². The molecule has 2 amide bonds. The topological polar surface area (TPSA) is 85.7 Å². The number of fused-ring (bicyclic) bond motifs is 2. The SMILES string of the molecule is Cc1cccc2c(C(C)(C)NC(=O)C3C[C@@H]4CN(C(=O)OC(C)(C)C)C[C@@H]4C3)nn(COCC[Si](C)(C)C)c12. The molecule has 0 radical (unpaired) electrons. The van der Waals surface area contributed by atoms with Crippen molar-refractivity contribution < 1.29 is 19.1 Å². The van der Waals surface area contributed by atoms with Crippen LogP contribution >= 0.6 is 0 Å². The van der Waals surface area contributed by atoms with Crippen LogP contribution in [0.15, 0.2) is 18.2 Å². The number of carbonyl (C=O) groups excluding carboxylic acids is 2. The minimum atomic E-state index is -1.17. The smallest absolute Gasteiger partial charge is 0.410 e. The lowest BCUT2D eigenvalue weighted by Crippen LogP contribution is -2.44. The van der Waals surface area contributed by atoms with Gasteiger partial charge in [0.15, 0.2) is 0 Å². The van der Waals surface area contributed by atoms with E-state index in [1.54, 1.807) is 0 Å². The van der Waals surface area contributed by atoms with Crippen molar-refractivity contribution in [2.24, 2.45) is 17.8 Å². The van der Waals surface area contributed by atoms with E-state index in [2.05, 4.69) is 44.0 Å². The zero-order valence-electron chi connectivity index (χ0n) is 25.4. The molecule has 39 heavy (non-hydrogen) atoms. The number of carbonyl (C=O) groups is 2. The minimum Gasteiger partial charge on any atom is -0.444 e. The Bertz CT molecular complexity index is 1200. The molecule has 1 unspecified atom stereocenters. The number of nitrogens with zero attached hydrogens (tertiary/aromatic N) is 3. The molecule has 9 heteroatoms. The largest absolute Gasteiger partial charge is 0.444 e. The van der Waals surface area contributed by atoms with Gasteiger partial charge in [-0.25, -0.2) is 9.48 Å². The first-order valence-corrected chi connectivity index (χ1v) is 18.1. The Balaban J connectivity index is 1.42. The fraction of sp³-hybridized carbons (Fsp3) is 0.700. The van der Waals surface area contributed by atoms with Gasteiger partial charge in [-0.2, -0.15) is 5.10 Å². The number of nitrogens with one attached hydrogen (secondary N) is 1. The molecular weight excluding hydrogens is 508 g/mol. The van der Waals surface area contributed by atoms with Crippen LogP contribution in [0.5, 0.6) is 0 Å². The number of ether oxygens (including phenoxy) is 2. The molecule has 2 heterocycles. The Hall–Kier alpha value is -2.39. The van der Waals surface area contributed by atoms with Gasteiger partial charge in [0.25, 0.3) is 0 Å². The van der Waals surface area contributed by atoms with Crippen LogP contribution < -0.4 is 5.32 Å². The van der Waals surface area contributed by atoms with Crippen molar-refractivity contribution in [3.63, 3.8) is 0 Å². The van der Waals surface area contributed by atoms with E-state index in [9.17, 15) is 9.59 Å². The van der Waals surface area contributed by atoms with E-state index in [0.29, 0.717) is 31.7 Å². The normalized spacial score (nSPS) is 21.9. The van der Waals surface area contributed by atoms with E-state index in [0.717, 1.165) is 47.7 Å². The third-order valence-electron chi connectivity index (χ3n) is 7.98. The van der Waals surface area contributed by atoms with Crippen LogP contribution in [-0.4, -0.2) is 60.1 Å². The molecule has 1 aromatic heterocycles. The average Bonchev–Trinajstić information content (AvgIpc) is 3.47. The highest BCUT2D eigenvalue weighted by atomic mass is 28.3. The molecule has 3 atom stereocenters. The Kier molecular flexibility index (Phi) is 8.25. The maximum absolute atomic E-state index is 13.5. The second-order valence-corrected chi connectivity index (χ2v) is 20.0. The molecule has 1 saturated heterocycles. The second-order valence-electron chi connectivity index (χ2n) is 14.4. The van der Waals surface area contributed by atoms with Gasteiger partial charge in [-0.3, -0.25) is 4.79 Å². The number of hydrogen-bond donors (Lipinski definition) is 1. The first-order chi connectivity index (χ1) is 18.0. The lowest BCUT2D eigenvalue weighted by molar-refractivity contribution is -0.126. The van der Waals surface area contributed by atoms with Gasteiger partial charge in [-0.15, -0.1) is 0 Å². The fourth-order valence-corrected chi connectivity index (χ4v) is 6.72. The molecule has 1 saturated carbocycles. The zero-order chi connectivity index (χ0) is 28.8. The van der Waals surface area contributed by atoms with E-state index in [1.807, 2.05) is 50.3 Å². The van der Waals surface area contributed by atoms with Gasteiger partial charge in [0.05, 0.1) is 16.7 Å². The number of benzene rings is 1. The lowest BCUT2D eigenvalue weighted by atomic mass is 9.94. The summed E-state index contributed by atoms with van der Waals surface area (Å²) in [6, 6.07) is 7.34. The van der Waals surface area contributed by atoms with Gasteiger partial charge in [0.2, 0.25) is 5.91 Å². The van der Waals surface area contributed by atoms with E-state index >= 15 is 0 Å². The molecule has 0 bridgehead atoms. The van der Waals surface area contributed by atoms with E-state index in [1.165, 1.54) is 0 Å². The fourth-order valence-electron chi connectivity index (χ4n) is 5.96. The quantitative estimate of drug-likeness (QED) is 0.323. The van der Waals surface area contributed by atoms with Crippen molar-refractivity contribution in [3.05, 3.63) is 29.5 Å². The van der Waals surface area contributed by atoms with Gasteiger partial charge in [-0.1, -0.05) is 37.8 Å². The molecule has 4 rings (SSSR count). The van der Waals surface area contributed by atoms with Crippen LogP contribution in [0.1, 0.15) is 58.7 Å². The Morgan fingerprint density at radius 3 is 2.31 bits per heavy atom. The third-order valence-corrected chi connectivity index (χ3v) is 9.69. The molecule has 1 aliphatic carbocycles.